The van der Waals surface area contributed by atoms with E-state index < -0.39 is 29.9 Å². The van der Waals surface area contributed by atoms with Crippen molar-refractivity contribution in [2.45, 2.75) is 226 Å². The molecule has 1 saturated heterocycles. The minimum Gasteiger partial charge on any atom is -0.481 e. The van der Waals surface area contributed by atoms with Crippen LogP contribution in [0.5, 0.6) is 0 Å². The van der Waals surface area contributed by atoms with Gasteiger partial charge in [0.05, 0.1) is 18.4 Å². The number of rotatable bonds is 38. The average Bonchev–Trinajstić information content (AvgIpc) is 3.57. The van der Waals surface area contributed by atoms with Gasteiger partial charge in [0, 0.05) is 19.5 Å². The minimum absolute atomic E-state index is 0.0145. The second-order valence-electron chi connectivity index (χ2n) is 17.0. The van der Waals surface area contributed by atoms with Crippen LogP contribution in [0.4, 0.5) is 4.79 Å². The van der Waals surface area contributed by atoms with E-state index in [0.29, 0.717) is 51.4 Å². The fraction of sp³-hybridized carbons (Fsp3) is 0.913. The number of likely N-dealkylation sites (tertiary alicyclic amines) is 1. The molecule has 0 aromatic heterocycles. The maximum Gasteiger partial charge on any atom is 0.508 e. The number of aliphatic carboxylic acids is 2. The maximum atomic E-state index is 12.7. The zero-order chi connectivity index (χ0) is 41.2. The van der Waals surface area contributed by atoms with Gasteiger partial charge in [0.25, 0.3) is 0 Å². The Bertz CT molecular complexity index is 975. The first-order chi connectivity index (χ1) is 27.1. The molecule has 1 aliphatic rings. The summed E-state index contributed by atoms with van der Waals surface area (Å²) in [4.78, 5) is 51.9. The van der Waals surface area contributed by atoms with Crippen molar-refractivity contribution in [3.8, 4) is 0 Å². The zero-order valence-corrected chi connectivity index (χ0v) is 36.4. The zero-order valence-electron chi connectivity index (χ0n) is 36.4. The molecule has 0 aromatic rings. The van der Waals surface area contributed by atoms with E-state index in [0.717, 1.165) is 96.6 Å². The topological polar surface area (TPSA) is 140 Å². The fourth-order valence-electron chi connectivity index (χ4n) is 8.14. The third kappa shape index (κ3) is 28.1. The molecule has 0 bridgehead atoms. The number of nitrogens with zero attached hydrogens (tertiary/aromatic N) is 1. The predicted octanol–water partition coefficient (Wildman–Crippen LogP) is 12.1. The largest absolute Gasteiger partial charge is 0.508 e. The summed E-state index contributed by atoms with van der Waals surface area (Å²) in [6.07, 6.45) is 26.8. The van der Waals surface area contributed by atoms with Crippen molar-refractivity contribution in [2.75, 3.05) is 26.7 Å². The normalized spacial score (nSPS) is 16.6. The van der Waals surface area contributed by atoms with Crippen molar-refractivity contribution in [1.82, 2.24) is 4.90 Å². The van der Waals surface area contributed by atoms with Crippen LogP contribution in [0.3, 0.4) is 0 Å². The predicted molar refractivity (Wildman–Crippen MR) is 225 cm³/mol. The number of hydrogen-bond acceptors (Lipinski definition) is 8. The molecule has 0 saturated carbocycles. The van der Waals surface area contributed by atoms with Gasteiger partial charge in [0.15, 0.2) is 0 Å². The van der Waals surface area contributed by atoms with E-state index in [1.54, 1.807) is 0 Å². The van der Waals surface area contributed by atoms with Gasteiger partial charge in [-0.05, 0) is 77.2 Å². The standard InChI is InChI=1S/C46H85NO9/c1-5-8-11-14-15-16-17-18-19-22-29-41(55-46(53)56-42-32-33-47(4)37-42)30-25-34-54-43(48)31-24-23-26-38(35-39(44(49)50)27-20-12-9-6-2)36-40(45(51)52)28-21-13-10-7-3/h38-42H,5-37H2,1-4H3,(H,49,50)(H,51,52)/t38?,39?,40?,41?,42-/m0/s1. The first-order valence-corrected chi connectivity index (χ1v) is 23.3. The van der Waals surface area contributed by atoms with Gasteiger partial charge in [0.1, 0.15) is 12.2 Å². The van der Waals surface area contributed by atoms with Crippen LogP contribution in [0.25, 0.3) is 0 Å². The van der Waals surface area contributed by atoms with Crippen LogP contribution in [0, 0.1) is 17.8 Å². The second-order valence-corrected chi connectivity index (χ2v) is 17.0. The third-order valence-corrected chi connectivity index (χ3v) is 11.7. The lowest BCUT2D eigenvalue weighted by Crippen LogP contribution is -2.26. The fourth-order valence-corrected chi connectivity index (χ4v) is 8.14. The van der Waals surface area contributed by atoms with Crippen molar-refractivity contribution < 1.29 is 43.6 Å². The smallest absolute Gasteiger partial charge is 0.481 e. The van der Waals surface area contributed by atoms with Gasteiger partial charge in [-0.2, -0.15) is 0 Å². The molecule has 56 heavy (non-hydrogen) atoms. The number of ether oxygens (including phenoxy) is 3. The van der Waals surface area contributed by atoms with Gasteiger partial charge in [-0.15, -0.1) is 0 Å². The van der Waals surface area contributed by atoms with Crippen LogP contribution in [-0.4, -0.2) is 78.1 Å². The Hall–Kier alpha value is -2.36. The number of carbonyl (C=O) groups is 4. The Balaban J connectivity index is 2.58. The molecule has 328 valence electrons. The van der Waals surface area contributed by atoms with Gasteiger partial charge in [-0.1, -0.05) is 143 Å². The van der Waals surface area contributed by atoms with Crippen molar-refractivity contribution in [1.29, 1.82) is 0 Å². The van der Waals surface area contributed by atoms with Crippen LogP contribution in [-0.2, 0) is 28.6 Å². The van der Waals surface area contributed by atoms with Crippen molar-refractivity contribution in [3.63, 3.8) is 0 Å². The summed E-state index contributed by atoms with van der Waals surface area (Å²) in [6.45, 7) is 8.40. The molecular formula is C46H85NO9. The average molecular weight is 796 g/mol. The molecule has 10 nitrogen and oxygen atoms in total. The number of hydrogen-bond donors (Lipinski definition) is 2. The summed E-state index contributed by atoms with van der Waals surface area (Å²) in [5, 5.41) is 20.0. The summed E-state index contributed by atoms with van der Waals surface area (Å²) in [5.74, 6) is -2.81. The van der Waals surface area contributed by atoms with Gasteiger partial charge in [-0.3, -0.25) is 14.4 Å². The Labute approximate surface area is 341 Å². The molecule has 2 N–H and O–H groups in total. The Kier molecular flexibility index (Phi) is 32.0. The maximum absolute atomic E-state index is 12.7. The molecule has 0 aliphatic carbocycles. The molecule has 1 heterocycles. The van der Waals surface area contributed by atoms with Crippen LogP contribution < -0.4 is 0 Å². The van der Waals surface area contributed by atoms with Gasteiger partial charge >= 0.3 is 24.1 Å². The SMILES string of the molecule is CCCCCCCCCCCCC(CCCOC(=O)CCCCC(CC(CCCCCC)C(=O)O)CC(CCCCCC)C(=O)O)OC(=O)O[C@H]1CCN(C)C1. The number of likely N-dealkylation sites (N-methyl/N-ethyl adjacent to an activating group) is 1. The Morgan fingerprint density at radius 2 is 1.07 bits per heavy atom. The van der Waals surface area contributed by atoms with E-state index in [2.05, 4.69) is 25.7 Å². The van der Waals surface area contributed by atoms with Crippen LogP contribution in [0.15, 0.2) is 0 Å². The molecule has 1 rings (SSSR count). The molecule has 0 aromatic carbocycles. The highest BCUT2D eigenvalue weighted by atomic mass is 16.7. The summed E-state index contributed by atoms with van der Waals surface area (Å²) in [6, 6.07) is 0. The summed E-state index contributed by atoms with van der Waals surface area (Å²) >= 11 is 0. The van der Waals surface area contributed by atoms with E-state index >= 15 is 0 Å². The number of carbonyl (C=O) groups excluding carboxylic acids is 2. The lowest BCUT2D eigenvalue weighted by atomic mass is 9.80. The second kappa shape index (κ2) is 34.7. The molecule has 1 aliphatic heterocycles. The molecule has 1 fully saturated rings. The molecule has 0 amide bonds. The summed E-state index contributed by atoms with van der Waals surface area (Å²) in [7, 11) is 2.02. The highest BCUT2D eigenvalue weighted by Gasteiger charge is 2.28. The monoisotopic (exact) mass is 796 g/mol. The molecule has 10 heteroatoms. The molecule has 0 spiro atoms. The van der Waals surface area contributed by atoms with Crippen molar-refractivity contribution in [3.05, 3.63) is 0 Å². The molecule has 3 unspecified atom stereocenters. The lowest BCUT2D eigenvalue weighted by molar-refractivity contribution is -0.144. The number of carboxylic acid groups (broad SMARTS) is 2. The Morgan fingerprint density at radius 3 is 1.57 bits per heavy atom. The van der Waals surface area contributed by atoms with Gasteiger partial charge < -0.3 is 29.3 Å². The molecule has 4 atom stereocenters. The van der Waals surface area contributed by atoms with Crippen molar-refractivity contribution in [2.24, 2.45) is 17.8 Å². The van der Waals surface area contributed by atoms with Gasteiger partial charge in [-0.25, -0.2) is 4.79 Å². The minimum atomic E-state index is -0.792. The van der Waals surface area contributed by atoms with E-state index in [4.69, 9.17) is 14.2 Å². The lowest BCUT2D eigenvalue weighted by Gasteiger charge is -2.24. The number of carboxylic acids is 2. The van der Waals surface area contributed by atoms with Crippen LogP contribution in [0.1, 0.15) is 213 Å². The highest BCUT2D eigenvalue weighted by Crippen LogP contribution is 2.31. The van der Waals surface area contributed by atoms with Gasteiger partial charge in [0.2, 0.25) is 0 Å². The molecule has 0 radical (unpaired) electrons. The van der Waals surface area contributed by atoms with E-state index in [-0.39, 0.29) is 37.1 Å². The van der Waals surface area contributed by atoms with Crippen LogP contribution >= 0.6 is 0 Å². The summed E-state index contributed by atoms with van der Waals surface area (Å²) in [5.41, 5.74) is 0. The van der Waals surface area contributed by atoms with E-state index in [1.807, 2.05) is 7.05 Å². The molecular weight excluding hydrogens is 711 g/mol. The highest BCUT2D eigenvalue weighted by molar-refractivity contribution is 5.71. The Morgan fingerprint density at radius 1 is 0.607 bits per heavy atom. The first-order valence-electron chi connectivity index (χ1n) is 23.3. The van der Waals surface area contributed by atoms with Crippen molar-refractivity contribution >= 4 is 24.1 Å². The summed E-state index contributed by atoms with van der Waals surface area (Å²) < 4.78 is 17.0. The quantitative estimate of drug-likeness (QED) is 0.0458. The number of esters is 1. The van der Waals surface area contributed by atoms with E-state index in [9.17, 15) is 29.4 Å². The third-order valence-electron chi connectivity index (χ3n) is 11.7. The number of unbranched alkanes of at least 4 members (excludes halogenated alkanes) is 16. The van der Waals surface area contributed by atoms with Crippen LogP contribution in [0.2, 0.25) is 0 Å². The van der Waals surface area contributed by atoms with E-state index in [1.165, 1.54) is 51.4 Å². The first kappa shape index (κ1) is 51.7.